The van der Waals surface area contributed by atoms with E-state index in [2.05, 4.69) is 17.4 Å². The number of halogens is 2. The first-order valence-electron chi connectivity index (χ1n) is 8.94. The smallest absolute Gasteiger partial charge is 0.220 e. The number of amides is 1. The van der Waals surface area contributed by atoms with Crippen LogP contribution in [0, 0.1) is 0 Å². The van der Waals surface area contributed by atoms with Gasteiger partial charge in [0.1, 0.15) is 0 Å². The first kappa shape index (κ1) is 19.5. The van der Waals surface area contributed by atoms with E-state index < -0.39 is 0 Å². The van der Waals surface area contributed by atoms with Gasteiger partial charge in [0, 0.05) is 12.3 Å². The molecular formula is C23H21Cl2NO. The van der Waals surface area contributed by atoms with Gasteiger partial charge in [0.2, 0.25) is 5.91 Å². The Bertz CT molecular complexity index is 897. The van der Waals surface area contributed by atoms with Gasteiger partial charge in [0.25, 0.3) is 0 Å². The van der Waals surface area contributed by atoms with Gasteiger partial charge < -0.3 is 5.32 Å². The third-order valence-electron chi connectivity index (χ3n) is 4.59. The highest BCUT2D eigenvalue weighted by atomic mass is 35.5. The lowest BCUT2D eigenvalue weighted by molar-refractivity contribution is -0.121. The predicted octanol–water partition coefficient (Wildman–Crippen LogP) is 6.39. The highest BCUT2D eigenvalue weighted by molar-refractivity contribution is 6.42. The largest absolute Gasteiger partial charge is 0.348 e. The van der Waals surface area contributed by atoms with E-state index in [1.165, 1.54) is 0 Å². The summed E-state index contributed by atoms with van der Waals surface area (Å²) in [5, 5.41) is 4.22. The van der Waals surface area contributed by atoms with Crippen LogP contribution in [0.4, 0.5) is 0 Å². The summed E-state index contributed by atoms with van der Waals surface area (Å²) in [7, 11) is 0. The normalized spacial score (nSPS) is 13.0. The van der Waals surface area contributed by atoms with Gasteiger partial charge in [-0.3, -0.25) is 4.79 Å². The summed E-state index contributed by atoms with van der Waals surface area (Å²) < 4.78 is 0. The highest BCUT2D eigenvalue weighted by Crippen LogP contribution is 2.39. The van der Waals surface area contributed by atoms with E-state index in [1.807, 2.05) is 67.6 Å². The Balaban J connectivity index is 2.15. The highest BCUT2D eigenvalue weighted by Gasteiger charge is 2.28. The minimum atomic E-state index is -0.224. The average molecular weight is 398 g/mol. The zero-order chi connectivity index (χ0) is 19.2. The fourth-order valence-electron chi connectivity index (χ4n) is 3.24. The molecule has 27 heavy (non-hydrogen) atoms. The average Bonchev–Trinajstić information content (AvgIpc) is 2.71. The van der Waals surface area contributed by atoms with Gasteiger partial charge in [-0.2, -0.15) is 0 Å². The SMILES string of the molecule is CCC(=O)N[C@@H](c1ccccc1)[C@@H](c1ccccc1)c1ccc(Cl)c(Cl)c1. The molecule has 3 aromatic carbocycles. The Morgan fingerprint density at radius 1 is 0.815 bits per heavy atom. The Kier molecular flexibility index (Phi) is 6.54. The van der Waals surface area contributed by atoms with Crippen LogP contribution >= 0.6 is 23.2 Å². The molecule has 3 rings (SSSR count). The molecule has 138 valence electrons. The van der Waals surface area contributed by atoms with Crippen molar-refractivity contribution < 1.29 is 4.79 Å². The molecule has 0 bridgehead atoms. The molecule has 0 aliphatic heterocycles. The summed E-state index contributed by atoms with van der Waals surface area (Å²) in [4.78, 5) is 12.3. The van der Waals surface area contributed by atoms with E-state index >= 15 is 0 Å². The van der Waals surface area contributed by atoms with Crippen molar-refractivity contribution in [1.29, 1.82) is 0 Å². The van der Waals surface area contributed by atoms with E-state index in [1.54, 1.807) is 6.07 Å². The minimum Gasteiger partial charge on any atom is -0.348 e. The molecule has 0 spiro atoms. The van der Waals surface area contributed by atoms with Crippen molar-refractivity contribution in [2.75, 3.05) is 0 Å². The fourth-order valence-corrected chi connectivity index (χ4v) is 3.55. The van der Waals surface area contributed by atoms with Gasteiger partial charge in [-0.05, 0) is 28.8 Å². The first-order chi connectivity index (χ1) is 13.1. The van der Waals surface area contributed by atoms with Gasteiger partial charge in [-0.25, -0.2) is 0 Å². The van der Waals surface area contributed by atoms with Crippen molar-refractivity contribution in [3.8, 4) is 0 Å². The zero-order valence-corrected chi connectivity index (χ0v) is 16.5. The lowest BCUT2D eigenvalue weighted by Crippen LogP contribution is -2.32. The molecule has 0 radical (unpaired) electrons. The summed E-state index contributed by atoms with van der Waals surface area (Å²) in [6.07, 6.45) is 0.423. The van der Waals surface area contributed by atoms with Crippen LogP contribution in [0.2, 0.25) is 10.0 Å². The van der Waals surface area contributed by atoms with E-state index in [0.717, 1.165) is 16.7 Å². The third-order valence-corrected chi connectivity index (χ3v) is 5.33. The van der Waals surface area contributed by atoms with E-state index in [-0.39, 0.29) is 17.9 Å². The first-order valence-corrected chi connectivity index (χ1v) is 9.70. The molecule has 4 heteroatoms. The maximum atomic E-state index is 12.3. The Morgan fingerprint density at radius 2 is 1.41 bits per heavy atom. The number of hydrogen-bond acceptors (Lipinski definition) is 1. The van der Waals surface area contributed by atoms with Crippen LogP contribution in [-0.2, 0) is 4.79 Å². The Hall–Kier alpha value is -2.29. The van der Waals surface area contributed by atoms with Crippen molar-refractivity contribution in [3.63, 3.8) is 0 Å². The summed E-state index contributed by atoms with van der Waals surface area (Å²) >= 11 is 12.4. The molecule has 0 aliphatic carbocycles. The van der Waals surface area contributed by atoms with Gasteiger partial charge in [0.05, 0.1) is 16.1 Å². The van der Waals surface area contributed by atoms with E-state index in [4.69, 9.17) is 23.2 Å². The van der Waals surface area contributed by atoms with Gasteiger partial charge in [-0.1, -0.05) is 96.9 Å². The number of carbonyl (C=O) groups excluding carboxylic acids is 1. The molecule has 0 unspecified atom stereocenters. The molecule has 0 saturated heterocycles. The molecule has 0 saturated carbocycles. The molecule has 3 aromatic rings. The molecule has 2 nitrogen and oxygen atoms in total. The van der Waals surface area contributed by atoms with Crippen molar-refractivity contribution in [1.82, 2.24) is 5.32 Å². The maximum absolute atomic E-state index is 12.3. The lowest BCUT2D eigenvalue weighted by Gasteiger charge is -2.30. The van der Waals surface area contributed by atoms with Crippen LogP contribution in [0.15, 0.2) is 78.9 Å². The predicted molar refractivity (Wildman–Crippen MR) is 112 cm³/mol. The second-order valence-corrected chi connectivity index (χ2v) is 7.19. The molecule has 0 aliphatic rings. The van der Waals surface area contributed by atoms with E-state index in [0.29, 0.717) is 16.5 Å². The van der Waals surface area contributed by atoms with Crippen LogP contribution in [0.1, 0.15) is 42.0 Å². The van der Waals surface area contributed by atoms with Crippen molar-refractivity contribution in [2.24, 2.45) is 0 Å². The monoisotopic (exact) mass is 397 g/mol. The van der Waals surface area contributed by atoms with Crippen molar-refractivity contribution >= 4 is 29.1 Å². The lowest BCUT2D eigenvalue weighted by atomic mass is 9.81. The number of carbonyl (C=O) groups is 1. The molecule has 1 N–H and O–H groups in total. The molecular weight excluding hydrogens is 377 g/mol. The number of hydrogen-bond donors (Lipinski definition) is 1. The second-order valence-electron chi connectivity index (χ2n) is 6.37. The standard InChI is InChI=1S/C23H21Cl2NO/c1-2-21(27)26-23(17-11-7-4-8-12-17)22(16-9-5-3-6-10-16)18-13-14-19(24)20(25)15-18/h3-15,22-23H,2H2,1H3,(H,26,27)/t22-,23-/m0/s1. The summed E-state index contributed by atoms with van der Waals surface area (Å²) in [6, 6.07) is 25.6. The van der Waals surface area contributed by atoms with Crippen LogP contribution in [-0.4, -0.2) is 5.91 Å². The van der Waals surface area contributed by atoms with Crippen LogP contribution in [0.3, 0.4) is 0 Å². The summed E-state index contributed by atoms with van der Waals surface area (Å²) in [6.45, 7) is 1.86. The van der Waals surface area contributed by atoms with Crippen LogP contribution in [0.25, 0.3) is 0 Å². The second kappa shape index (κ2) is 9.07. The molecule has 2 atom stereocenters. The van der Waals surface area contributed by atoms with Crippen LogP contribution < -0.4 is 5.32 Å². The number of benzene rings is 3. The molecule has 1 amide bonds. The number of rotatable bonds is 6. The van der Waals surface area contributed by atoms with Gasteiger partial charge >= 0.3 is 0 Å². The van der Waals surface area contributed by atoms with E-state index in [9.17, 15) is 4.79 Å². The molecule has 0 aromatic heterocycles. The summed E-state index contributed by atoms with van der Waals surface area (Å²) in [5.74, 6) is -0.0938. The Labute approximate surface area is 170 Å². The maximum Gasteiger partial charge on any atom is 0.220 e. The Morgan fingerprint density at radius 3 is 1.96 bits per heavy atom. The topological polar surface area (TPSA) is 29.1 Å². The van der Waals surface area contributed by atoms with Crippen LogP contribution in [0.5, 0.6) is 0 Å². The molecule has 0 fully saturated rings. The third kappa shape index (κ3) is 4.71. The molecule has 0 heterocycles. The zero-order valence-electron chi connectivity index (χ0n) is 15.0. The fraction of sp³-hybridized carbons (Fsp3) is 0.174. The van der Waals surface area contributed by atoms with Crippen molar-refractivity contribution in [3.05, 3.63) is 106 Å². The van der Waals surface area contributed by atoms with Gasteiger partial charge in [-0.15, -0.1) is 0 Å². The van der Waals surface area contributed by atoms with Gasteiger partial charge in [0.15, 0.2) is 0 Å². The summed E-state index contributed by atoms with van der Waals surface area (Å²) in [5.41, 5.74) is 3.14. The quantitative estimate of drug-likeness (QED) is 0.512. The number of nitrogens with one attached hydrogen (secondary N) is 1. The van der Waals surface area contributed by atoms with Crippen molar-refractivity contribution in [2.45, 2.75) is 25.3 Å². The minimum absolute atomic E-state index is 0.00449.